The van der Waals surface area contributed by atoms with Gasteiger partial charge in [0.1, 0.15) is 0 Å². The van der Waals surface area contributed by atoms with Crippen LogP contribution in [-0.2, 0) is 0 Å². The molecule has 3 nitrogen and oxygen atoms in total. The van der Waals surface area contributed by atoms with Crippen molar-refractivity contribution in [1.29, 1.82) is 0 Å². The molecule has 2 aliphatic heterocycles. The average Bonchev–Trinajstić information content (AvgIpc) is 2.85. The zero-order valence-corrected chi connectivity index (χ0v) is 11.8. The van der Waals surface area contributed by atoms with Crippen LogP contribution >= 0.6 is 12.4 Å². The summed E-state index contributed by atoms with van der Waals surface area (Å²) in [6, 6.07) is 6.04. The van der Waals surface area contributed by atoms with Crippen molar-refractivity contribution in [3.8, 4) is 11.5 Å². The Bertz CT molecular complexity index is 511. The molecular formula is C15H18ClNO2. The van der Waals surface area contributed by atoms with Crippen molar-refractivity contribution >= 4 is 18.5 Å². The van der Waals surface area contributed by atoms with Crippen molar-refractivity contribution in [3.63, 3.8) is 0 Å². The van der Waals surface area contributed by atoms with Crippen LogP contribution in [0.1, 0.15) is 12.0 Å². The van der Waals surface area contributed by atoms with Gasteiger partial charge in [-0.05, 0) is 36.7 Å². The van der Waals surface area contributed by atoms with E-state index in [4.69, 9.17) is 9.47 Å². The first-order valence-corrected chi connectivity index (χ1v) is 6.26. The summed E-state index contributed by atoms with van der Waals surface area (Å²) in [6.45, 7) is 2.51. The van der Waals surface area contributed by atoms with Crippen LogP contribution in [-0.4, -0.2) is 31.8 Å². The summed E-state index contributed by atoms with van der Waals surface area (Å²) in [5.74, 6) is 1.68. The Labute approximate surface area is 119 Å². The van der Waals surface area contributed by atoms with Gasteiger partial charge in [0.05, 0.1) is 0 Å². The highest BCUT2D eigenvalue weighted by atomic mass is 35.5. The predicted molar refractivity (Wildman–Crippen MR) is 79.0 cm³/mol. The number of hydrogen-bond donors (Lipinski definition) is 0. The second-order valence-corrected chi connectivity index (χ2v) is 4.74. The van der Waals surface area contributed by atoms with Gasteiger partial charge in [0.25, 0.3) is 0 Å². The van der Waals surface area contributed by atoms with Gasteiger partial charge < -0.3 is 14.4 Å². The zero-order chi connectivity index (χ0) is 12.4. The van der Waals surface area contributed by atoms with E-state index in [0.717, 1.165) is 36.6 Å². The van der Waals surface area contributed by atoms with E-state index in [1.165, 1.54) is 5.57 Å². The average molecular weight is 280 g/mol. The molecule has 2 aliphatic rings. The normalized spacial score (nSPS) is 18.3. The van der Waals surface area contributed by atoms with Crippen LogP contribution in [0.2, 0.25) is 0 Å². The third kappa shape index (κ3) is 3.31. The smallest absolute Gasteiger partial charge is 0.231 e. The number of rotatable bonds is 2. The van der Waals surface area contributed by atoms with Gasteiger partial charge in [0.2, 0.25) is 6.79 Å². The summed E-state index contributed by atoms with van der Waals surface area (Å²) in [5, 5.41) is 0. The highest BCUT2D eigenvalue weighted by molar-refractivity contribution is 5.85. The fourth-order valence-electron chi connectivity index (χ4n) is 2.16. The number of nitrogens with zero attached hydrogens (tertiary/aromatic N) is 1. The van der Waals surface area contributed by atoms with E-state index in [9.17, 15) is 0 Å². The molecule has 2 heterocycles. The van der Waals surface area contributed by atoms with Gasteiger partial charge in [-0.15, -0.1) is 12.4 Å². The molecular weight excluding hydrogens is 262 g/mol. The Morgan fingerprint density at radius 3 is 2.79 bits per heavy atom. The first-order valence-electron chi connectivity index (χ1n) is 6.26. The third-order valence-corrected chi connectivity index (χ3v) is 3.33. The fraction of sp³-hybridized carbons (Fsp3) is 0.333. The minimum atomic E-state index is 0. The SMILES string of the molecule is CN1CC=C(/C=C/c2ccc3c(c2)OCO3)CC1.Cl. The number of fused-ring (bicyclic) bond motifs is 1. The van der Waals surface area contributed by atoms with Crippen molar-refractivity contribution in [2.45, 2.75) is 6.42 Å². The summed E-state index contributed by atoms with van der Waals surface area (Å²) >= 11 is 0. The lowest BCUT2D eigenvalue weighted by Crippen LogP contribution is -2.23. The molecule has 102 valence electrons. The topological polar surface area (TPSA) is 21.7 Å². The van der Waals surface area contributed by atoms with Gasteiger partial charge in [-0.3, -0.25) is 0 Å². The van der Waals surface area contributed by atoms with Crippen LogP contribution < -0.4 is 9.47 Å². The van der Waals surface area contributed by atoms with Gasteiger partial charge in [0.15, 0.2) is 11.5 Å². The first-order chi connectivity index (χ1) is 8.81. The third-order valence-electron chi connectivity index (χ3n) is 3.33. The van der Waals surface area contributed by atoms with E-state index in [2.05, 4.69) is 36.2 Å². The van der Waals surface area contributed by atoms with Crippen LogP contribution in [0.25, 0.3) is 6.08 Å². The number of likely N-dealkylation sites (N-methyl/N-ethyl adjacent to an activating group) is 1. The van der Waals surface area contributed by atoms with Crippen molar-refractivity contribution in [3.05, 3.63) is 41.5 Å². The summed E-state index contributed by atoms with van der Waals surface area (Å²) in [4.78, 5) is 2.32. The highest BCUT2D eigenvalue weighted by Gasteiger charge is 2.12. The number of hydrogen-bond acceptors (Lipinski definition) is 3. The molecule has 1 aromatic carbocycles. The minimum Gasteiger partial charge on any atom is -0.454 e. The predicted octanol–water partition coefficient (Wildman–Crippen LogP) is 3.11. The lowest BCUT2D eigenvalue weighted by Gasteiger charge is -2.20. The number of benzene rings is 1. The Hall–Kier alpha value is -1.45. The van der Waals surface area contributed by atoms with E-state index < -0.39 is 0 Å². The van der Waals surface area contributed by atoms with Crippen LogP contribution in [0.3, 0.4) is 0 Å². The summed E-state index contributed by atoms with van der Waals surface area (Å²) in [7, 11) is 2.15. The fourth-order valence-corrected chi connectivity index (χ4v) is 2.16. The zero-order valence-electron chi connectivity index (χ0n) is 11.0. The molecule has 1 aromatic rings. The van der Waals surface area contributed by atoms with Crippen LogP contribution in [0.15, 0.2) is 35.9 Å². The summed E-state index contributed by atoms with van der Waals surface area (Å²) < 4.78 is 10.7. The van der Waals surface area contributed by atoms with Crippen LogP contribution in [0, 0.1) is 0 Å². The largest absolute Gasteiger partial charge is 0.454 e. The molecule has 19 heavy (non-hydrogen) atoms. The number of halogens is 1. The maximum absolute atomic E-state index is 5.37. The quantitative estimate of drug-likeness (QED) is 0.830. The Kier molecular flexibility index (Phi) is 4.51. The second kappa shape index (κ2) is 6.13. The number of allylic oxidation sites excluding steroid dienone is 1. The first kappa shape index (κ1) is 14.0. The van der Waals surface area contributed by atoms with Crippen LogP contribution in [0.5, 0.6) is 11.5 Å². The highest BCUT2D eigenvalue weighted by Crippen LogP contribution is 2.32. The minimum absolute atomic E-state index is 0. The van der Waals surface area contributed by atoms with Gasteiger partial charge in [0, 0.05) is 13.1 Å². The van der Waals surface area contributed by atoms with Gasteiger partial charge in [-0.25, -0.2) is 0 Å². The molecule has 0 unspecified atom stereocenters. The monoisotopic (exact) mass is 279 g/mol. The van der Waals surface area contributed by atoms with Crippen molar-refractivity contribution < 1.29 is 9.47 Å². The summed E-state index contributed by atoms with van der Waals surface area (Å²) in [5.41, 5.74) is 2.56. The van der Waals surface area contributed by atoms with Gasteiger partial charge in [-0.2, -0.15) is 0 Å². The maximum Gasteiger partial charge on any atom is 0.231 e. The second-order valence-electron chi connectivity index (χ2n) is 4.74. The standard InChI is InChI=1S/C15H17NO2.ClH/c1-16-8-6-12(7-9-16)2-3-13-4-5-14-15(10-13)18-11-17-14;/h2-6,10H,7-9,11H2,1H3;1H/b3-2+;. The molecule has 0 atom stereocenters. The van der Waals surface area contributed by atoms with E-state index in [-0.39, 0.29) is 12.4 Å². The Morgan fingerprint density at radius 2 is 2.00 bits per heavy atom. The van der Waals surface area contributed by atoms with Crippen LogP contribution in [0.4, 0.5) is 0 Å². The molecule has 0 aliphatic carbocycles. The number of ether oxygens (including phenoxy) is 2. The van der Waals surface area contributed by atoms with Crippen molar-refractivity contribution in [2.24, 2.45) is 0 Å². The Morgan fingerprint density at radius 1 is 1.16 bits per heavy atom. The van der Waals surface area contributed by atoms with E-state index in [1.807, 2.05) is 12.1 Å². The molecule has 0 radical (unpaired) electrons. The Balaban J connectivity index is 0.00000133. The van der Waals surface area contributed by atoms with Crippen molar-refractivity contribution in [1.82, 2.24) is 4.90 Å². The van der Waals surface area contributed by atoms with E-state index >= 15 is 0 Å². The van der Waals surface area contributed by atoms with Crippen molar-refractivity contribution in [2.75, 3.05) is 26.9 Å². The molecule has 0 saturated carbocycles. The molecule has 0 saturated heterocycles. The molecule has 0 aromatic heterocycles. The van der Waals surface area contributed by atoms with Gasteiger partial charge >= 0.3 is 0 Å². The van der Waals surface area contributed by atoms with Gasteiger partial charge in [-0.1, -0.05) is 24.3 Å². The molecule has 0 amide bonds. The summed E-state index contributed by atoms with van der Waals surface area (Å²) in [6.07, 6.45) is 7.74. The lowest BCUT2D eigenvalue weighted by molar-refractivity contribution is 0.174. The molecule has 0 N–H and O–H groups in total. The molecule has 0 spiro atoms. The van der Waals surface area contributed by atoms with E-state index in [1.54, 1.807) is 0 Å². The molecule has 3 rings (SSSR count). The molecule has 4 heteroatoms. The molecule has 0 bridgehead atoms. The van der Waals surface area contributed by atoms with E-state index in [0.29, 0.717) is 6.79 Å². The maximum atomic E-state index is 5.37. The molecule has 0 fully saturated rings. The lowest BCUT2D eigenvalue weighted by atomic mass is 10.1.